The molecular formula is C29H26FNO5. The molecule has 0 unspecified atom stereocenters. The van der Waals surface area contributed by atoms with Crippen molar-refractivity contribution in [3.8, 4) is 5.75 Å². The molecule has 2 atom stereocenters. The van der Waals surface area contributed by atoms with E-state index in [1.165, 1.54) is 12.1 Å². The van der Waals surface area contributed by atoms with Crippen LogP contribution in [0.2, 0.25) is 0 Å². The quantitative estimate of drug-likeness (QED) is 0.461. The summed E-state index contributed by atoms with van der Waals surface area (Å²) in [6.45, 7) is 1.83. The standard InChI is InChI=1S/C29H26FNO5/c1-17-26(29(33)36-16-18-8-10-22(34-2)11-9-18)27(19-5-3-6-21(30)13-19)28-23(31-17)14-20(15-24(28)32)25-7-4-12-35-25/h3-13,20,27,31H,14-16H2,1-2H3/t20-,27+/m0/s1. The fourth-order valence-corrected chi connectivity index (χ4v) is 5.00. The maximum absolute atomic E-state index is 14.3. The van der Waals surface area contributed by atoms with E-state index < -0.39 is 17.7 Å². The number of carbonyl (C=O) groups is 2. The third kappa shape index (κ3) is 4.56. The summed E-state index contributed by atoms with van der Waals surface area (Å²) in [6, 6.07) is 16.9. The first kappa shape index (κ1) is 23.6. The molecule has 36 heavy (non-hydrogen) atoms. The van der Waals surface area contributed by atoms with Crippen LogP contribution in [0.15, 0.2) is 93.9 Å². The highest BCUT2D eigenvalue weighted by Gasteiger charge is 2.42. The second-order valence-electron chi connectivity index (χ2n) is 9.01. The molecule has 2 aromatic carbocycles. The minimum Gasteiger partial charge on any atom is -0.497 e. The van der Waals surface area contributed by atoms with Gasteiger partial charge in [0.1, 0.15) is 23.9 Å². The molecular weight excluding hydrogens is 461 g/mol. The number of carbonyl (C=O) groups excluding carboxylic acids is 2. The fraction of sp³-hybridized carbons (Fsp3) is 0.241. The predicted molar refractivity (Wildman–Crippen MR) is 130 cm³/mol. The normalized spacial score (nSPS) is 19.6. The number of hydrogen-bond donors (Lipinski definition) is 1. The van der Waals surface area contributed by atoms with Crippen LogP contribution >= 0.6 is 0 Å². The SMILES string of the molecule is COc1ccc(COC(=O)C2=C(C)NC3=C(C(=O)C[C@@H](c4ccco4)C3)[C@@H]2c2cccc(F)c2)cc1. The van der Waals surface area contributed by atoms with Crippen molar-refractivity contribution < 1.29 is 27.9 Å². The van der Waals surface area contributed by atoms with E-state index in [9.17, 15) is 14.0 Å². The fourth-order valence-electron chi connectivity index (χ4n) is 5.00. The van der Waals surface area contributed by atoms with Gasteiger partial charge in [0.05, 0.1) is 18.9 Å². The summed E-state index contributed by atoms with van der Waals surface area (Å²) in [5, 5.41) is 3.28. The number of allylic oxidation sites excluding steroid dienone is 3. The van der Waals surface area contributed by atoms with Gasteiger partial charge in [-0.15, -0.1) is 0 Å². The Morgan fingerprint density at radius 3 is 2.61 bits per heavy atom. The van der Waals surface area contributed by atoms with Crippen LogP contribution in [0.4, 0.5) is 4.39 Å². The van der Waals surface area contributed by atoms with Crippen LogP contribution < -0.4 is 10.1 Å². The van der Waals surface area contributed by atoms with Gasteiger partial charge in [-0.2, -0.15) is 0 Å². The number of rotatable bonds is 6. The Morgan fingerprint density at radius 2 is 1.92 bits per heavy atom. The van der Waals surface area contributed by atoms with Crippen LogP contribution in [-0.2, 0) is 20.9 Å². The van der Waals surface area contributed by atoms with Gasteiger partial charge in [-0.25, -0.2) is 9.18 Å². The maximum atomic E-state index is 14.3. The number of ketones is 1. The van der Waals surface area contributed by atoms with E-state index in [0.29, 0.717) is 34.6 Å². The van der Waals surface area contributed by atoms with Crippen molar-refractivity contribution in [3.63, 3.8) is 0 Å². The van der Waals surface area contributed by atoms with Crippen molar-refractivity contribution in [1.82, 2.24) is 5.32 Å². The van der Waals surface area contributed by atoms with Gasteiger partial charge >= 0.3 is 5.97 Å². The number of ether oxygens (including phenoxy) is 2. The number of methoxy groups -OCH3 is 1. The molecule has 0 amide bonds. The summed E-state index contributed by atoms with van der Waals surface area (Å²) in [6.07, 6.45) is 2.38. The lowest BCUT2D eigenvalue weighted by Gasteiger charge is -2.36. The van der Waals surface area contributed by atoms with Gasteiger partial charge in [0.25, 0.3) is 0 Å². The monoisotopic (exact) mass is 487 g/mol. The van der Waals surface area contributed by atoms with E-state index in [1.54, 1.807) is 50.6 Å². The van der Waals surface area contributed by atoms with Gasteiger partial charge in [-0.05, 0) is 60.9 Å². The van der Waals surface area contributed by atoms with Gasteiger partial charge in [-0.1, -0.05) is 24.3 Å². The third-order valence-corrected chi connectivity index (χ3v) is 6.70. The molecule has 0 spiro atoms. The van der Waals surface area contributed by atoms with Crippen molar-refractivity contribution in [1.29, 1.82) is 0 Å². The first-order valence-corrected chi connectivity index (χ1v) is 11.8. The number of furan rings is 1. The average molecular weight is 488 g/mol. The molecule has 1 aliphatic carbocycles. The maximum Gasteiger partial charge on any atom is 0.337 e. The lowest BCUT2D eigenvalue weighted by Crippen LogP contribution is -2.36. The predicted octanol–water partition coefficient (Wildman–Crippen LogP) is 5.53. The van der Waals surface area contributed by atoms with Gasteiger partial charge < -0.3 is 19.2 Å². The van der Waals surface area contributed by atoms with Crippen LogP contribution in [0, 0.1) is 5.82 Å². The van der Waals surface area contributed by atoms with Gasteiger partial charge in [-0.3, -0.25) is 4.79 Å². The van der Waals surface area contributed by atoms with E-state index in [1.807, 2.05) is 18.2 Å². The number of benzene rings is 2. The first-order chi connectivity index (χ1) is 17.4. The lowest BCUT2D eigenvalue weighted by molar-refractivity contribution is -0.140. The van der Waals surface area contributed by atoms with Crippen LogP contribution in [-0.4, -0.2) is 18.9 Å². The Labute approximate surface area is 208 Å². The molecule has 0 fully saturated rings. The largest absolute Gasteiger partial charge is 0.497 e. The average Bonchev–Trinajstić information content (AvgIpc) is 3.42. The van der Waals surface area contributed by atoms with Gasteiger partial charge in [0.15, 0.2) is 5.78 Å². The molecule has 1 N–H and O–H groups in total. The highest BCUT2D eigenvalue weighted by Crippen LogP contribution is 2.45. The first-order valence-electron chi connectivity index (χ1n) is 11.8. The third-order valence-electron chi connectivity index (χ3n) is 6.70. The zero-order valence-corrected chi connectivity index (χ0v) is 20.0. The lowest BCUT2D eigenvalue weighted by atomic mass is 9.72. The Bertz CT molecular complexity index is 1350. The topological polar surface area (TPSA) is 77.8 Å². The molecule has 0 saturated carbocycles. The summed E-state index contributed by atoms with van der Waals surface area (Å²) < 4.78 is 30.7. The molecule has 0 saturated heterocycles. The smallest absolute Gasteiger partial charge is 0.337 e. The number of Topliss-reactive ketones (excluding diaryl/α,β-unsaturated/α-hetero) is 1. The Balaban J connectivity index is 1.48. The molecule has 7 heteroatoms. The van der Waals surface area contributed by atoms with Gasteiger partial charge in [0.2, 0.25) is 0 Å². The van der Waals surface area contributed by atoms with E-state index in [4.69, 9.17) is 13.9 Å². The molecule has 6 nitrogen and oxygen atoms in total. The van der Waals surface area contributed by atoms with E-state index >= 15 is 0 Å². The van der Waals surface area contributed by atoms with Crippen LogP contribution in [0.25, 0.3) is 0 Å². The van der Waals surface area contributed by atoms with Crippen molar-refractivity contribution in [2.24, 2.45) is 0 Å². The number of halogens is 1. The van der Waals surface area contributed by atoms with E-state index in [0.717, 1.165) is 17.0 Å². The molecule has 1 aromatic heterocycles. The summed E-state index contributed by atoms with van der Waals surface area (Å²) in [5.74, 6) is -0.494. The zero-order chi connectivity index (χ0) is 25.2. The Morgan fingerprint density at radius 1 is 1.11 bits per heavy atom. The minimum absolute atomic E-state index is 0.0515. The number of esters is 1. The summed E-state index contributed by atoms with van der Waals surface area (Å²) in [7, 11) is 1.58. The Kier molecular flexibility index (Phi) is 6.46. The van der Waals surface area contributed by atoms with Crippen LogP contribution in [0.3, 0.4) is 0 Å². The Hall–Kier alpha value is -4.13. The second-order valence-corrected chi connectivity index (χ2v) is 9.01. The summed E-state index contributed by atoms with van der Waals surface area (Å²) in [5.41, 5.74) is 3.41. The minimum atomic E-state index is -0.731. The molecule has 3 aromatic rings. The van der Waals surface area contributed by atoms with E-state index in [-0.39, 0.29) is 24.7 Å². The van der Waals surface area contributed by atoms with Crippen molar-refractivity contribution in [3.05, 3.63) is 112 Å². The number of hydrogen-bond acceptors (Lipinski definition) is 6. The van der Waals surface area contributed by atoms with Crippen molar-refractivity contribution in [2.75, 3.05) is 7.11 Å². The zero-order valence-electron chi connectivity index (χ0n) is 20.0. The molecule has 0 radical (unpaired) electrons. The number of nitrogens with one attached hydrogen (secondary N) is 1. The molecule has 5 rings (SSSR count). The second kappa shape index (κ2) is 9.85. The molecule has 2 heterocycles. The molecule has 2 aliphatic rings. The van der Waals surface area contributed by atoms with Gasteiger partial charge in [0, 0.05) is 35.2 Å². The van der Waals surface area contributed by atoms with E-state index in [2.05, 4.69) is 5.32 Å². The molecule has 1 aliphatic heterocycles. The highest BCUT2D eigenvalue weighted by molar-refractivity contribution is 6.04. The number of dihydropyridines is 1. The molecule has 184 valence electrons. The van der Waals surface area contributed by atoms with Crippen molar-refractivity contribution in [2.45, 2.75) is 38.2 Å². The molecule has 0 bridgehead atoms. The summed E-state index contributed by atoms with van der Waals surface area (Å²) >= 11 is 0. The van der Waals surface area contributed by atoms with Crippen molar-refractivity contribution >= 4 is 11.8 Å². The van der Waals surface area contributed by atoms with Crippen LogP contribution in [0.5, 0.6) is 5.75 Å². The highest BCUT2D eigenvalue weighted by atomic mass is 19.1. The summed E-state index contributed by atoms with van der Waals surface area (Å²) in [4.78, 5) is 26.9. The van der Waals surface area contributed by atoms with Crippen LogP contribution in [0.1, 0.15) is 48.5 Å².